The summed E-state index contributed by atoms with van der Waals surface area (Å²) >= 11 is 0. The van der Waals surface area contributed by atoms with Crippen molar-refractivity contribution in [1.29, 1.82) is 0 Å². The average Bonchev–Trinajstić information content (AvgIpc) is 2.25. The van der Waals surface area contributed by atoms with Crippen LogP contribution in [-0.2, 0) is 6.42 Å². The highest BCUT2D eigenvalue weighted by molar-refractivity contribution is 5.34. The van der Waals surface area contributed by atoms with Gasteiger partial charge in [0, 0.05) is 0 Å². The molecule has 1 aromatic carbocycles. The molecule has 3 heteroatoms. The predicted molar refractivity (Wildman–Crippen MR) is 66.7 cm³/mol. The maximum Gasteiger partial charge on any atom is 0.123 e. The molecule has 0 radical (unpaired) electrons. The third kappa shape index (κ3) is 4.73. The van der Waals surface area contributed by atoms with E-state index in [1.54, 1.807) is 13.2 Å². The van der Waals surface area contributed by atoms with E-state index >= 15 is 0 Å². The zero-order valence-corrected chi connectivity index (χ0v) is 10.7. The second-order valence-electron chi connectivity index (χ2n) is 4.78. The van der Waals surface area contributed by atoms with Crippen LogP contribution in [0.15, 0.2) is 18.2 Å². The Morgan fingerprint density at radius 2 is 2.06 bits per heavy atom. The van der Waals surface area contributed by atoms with E-state index in [-0.39, 0.29) is 11.9 Å². The van der Waals surface area contributed by atoms with Gasteiger partial charge in [-0.15, -0.1) is 0 Å². The van der Waals surface area contributed by atoms with Gasteiger partial charge in [0.15, 0.2) is 0 Å². The molecule has 0 spiro atoms. The molecular formula is C14H21FO2. The molecule has 1 N–H and O–H groups in total. The number of methoxy groups -OCH3 is 1. The number of hydrogen-bond donors (Lipinski definition) is 1. The lowest BCUT2D eigenvalue weighted by molar-refractivity contribution is 0.139. The van der Waals surface area contributed by atoms with Crippen LogP contribution >= 0.6 is 0 Å². The first-order chi connectivity index (χ1) is 8.02. The molecule has 2 nitrogen and oxygen atoms in total. The first kappa shape index (κ1) is 14.0. The van der Waals surface area contributed by atoms with Crippen LogP contribution in [-0.4, -0.2) is 18.3 Å². The Hall–Kier alpha value is -1.09. The van der Waals surface area contributed by atoms with Crippen LogP contribution in [0.25, 0.3) is 0 Å². The first-order valence-electron chi connectivity index (χ1n) is 6.03. The molecule has 0 aromatic heterocycles. The smallest absolute Gasteiger partial charge is 0.123 e. The summed E-state index contributed by atoms with van der Waals surface area (Å²) < 4.78 is 18.3. The molecule has 0 aliphatic heterocycles. The predicted octanol–water partition coefficient (Wildman–Crippen LogP) is 3.17. The standard InChI is InChI=1S/C14H21FO2/c1-10(2)8-13(16)6-4-11-9-12(15)5-7-14(11)17-3/h5,7,9-10,13,16H,4,6,8H2,1-3H3. The Balaban J connectivity index is 2.58. The number of ether oxygens (including phenoxy) is 1. The minimum absolute atomic E-state index is 0.265. The Kier molecular flexibility index (Phi) is 5.42. The molecule has 0 saturated carbocycles. The summed E-state index contributed by atoms with van der Waals surface area (Å²) in [5.74, 6) is 0.890. The van der Waals surface area contributed by atoms with Gasteiger partial charge in [0.05, 0.1) is 13.2 Å². The van der Waals surface area contributed by atoms with E-state index < -0.39 is 0 Å². The zero-order valence-electron chi connectivity index (χ0n) is 10.7. The monoisotopic (exact) mass is 240 g/mol. The first-order valence-corrected chi connectivity index (χ1v) is 6.03. The van der Waals surface area contributed by atoms with Crippen LogP contribution in [0.1, 0.15) is 32.3 Å². The molecule has 0 aliphatic carbocycles. The lowest BCUT2D eigenvalue weighted by Crippen LogP contribution is -2.11. The van der Waals surface area contributed by atoms with Crippen molar-refractivity contribution in [2.75, 3.05) is 7.11 Å². The van der Waals surface area contributed by atoms with Crippen molar-refractivity contribution in [2.24, 2.45) is 5.92 Å². The highest BCUT2D eigenvalue weighted by atomic mass is 19.1. The van der Waals surface area contributed by atoms with E-state index in [0.717, 1.165) is 12.0 Å². The summed E-state index contributed by atoms with van der Waals surface area (Å²) in [6.07, 6.45) is 1.72. The number of rotatable bonds is 6. The third-order valence-electron chi connectivity index (χ3n) is 2.73. The lowest BCUT2D eigenvalue weighted by Gasteiger charge is -2.14. The summed E-state index contributed by atoms with van der Waals surface area (Å²) in [4.78, 5) is 0. The normalized spacial score (nSPS) is 12.8. The van der Waals surface area contributed by atoms with Crippen molar-refractivity contribution in [1.82, 2.24) is 0 Å². The molecule has 1 unspecified atom stereocenters. The number of benzene rings is 1. The van der Waals surface area contributed by atoms with Gasteiger partial charge in [-0.05, 0) is 48.9 Å². The highest BCUT2D eigenvalue weighted by Gasteiger charge is 2.10. The minimum atomic E-state index is -0.331. The molecule has 0 heterocycles. The molecule has 17 heavy (non-hydrogen) atoms. The summed E-state index contributed by atoms with van der Waals surface area (Å²) in [5, 5.41) is 9.78. The molecule has 0 bridgehead atoms. The van der Waals surface area contributed by atoms with E-state index in [4.69, 9.17) is 4.74 Å². The minimum Gasteiger partial charge on any atom is -0.496 e. The van der Waals surface area contributed by atoms with Crippen LogP contribution in [0.5, 0.6) is 5.75 Å². The quantitative estimate of drug-likeness (QED) is 0.827. The van der Waals surface area contributed by atoms with Gasteiger partial charge in [0.25, 0.3) is 0 Å². The van der Waals surface area contributed by atoms with E-state index in [0.29, 0.717) is 24.5 Å². The zero-order chi connectivity index (χ0) is 12.8. The molecule has 1 atom stereocenters. The van der Waals surface area contributed by atoms with Crippen LogP contribution in [0.4, 0.5) is 4.39 Å². The second-order valence-corrected chi connectivity index (χ2v) is 4.78. The SMILES string of the molecule is COc1ccc(F)cc1CCC(O)CC(C)C. The average molecular weight is 240 g/mol. The second kappa shape index (κ2) is 6.60. The molecular weight excluding hydrogens is 219 g/mol. The van der Waals surface area contributed by atoms with E-state index in [1.807, 2.05) is 0 Å². The van der Waals surface area contributed by atoms with Crippen molar-refractivity contribution in [3.8, 4) is 5.75 Å². The van der Waals surface area contributed by atoms with Crippen LogP contribution < -0.4 is 4.74 Å². The third-order valence-corrected chi connectivity index (χ3v) is 2.73. The Morgan fingerprint density at radius 1 is 1.35 bits per heavy atom. The van der Waals surface area contributed by atoms with Crippen molar-refractivity contribution < 1.29 is 14.2 Å². The Bertz CT molecular complexity index is 350. The van der Waals surface area contributed by atoms with E-state index in [9.17, 15) is 9.50 Å². The maximum atomic E-state index is 13.1. The Labute approximate surface area is 102 Å². The van der Waals surface area contributed by atoms with Crippen LogP contribution in [0, 0.1) is 11.7 Å². The van der Waals surface area contributed by atoms with Gasteiger partial charge in [0.1, 0.15) is 11.6 Å². The van der Waals surface area contributed by atoms with Crippen molar-refractivity contribution in [2.45, 2.75) is 39.2 Å². The summed E-state index contributed by atoms with van der Waals surface area (Å²) in [6.45, 7) is 4.15. The van der Waals surface area contributed by atoms with Gasteiger partial charge < -0.3 is 9.84 Å². The summed E-state index contributed by atoms with van der Waals surface area (Å²) in [6, 6.07) is 4.48. The molecule has 0 fully saturated rings. The fourth-order valence-electron chi connectivity index (χ4n) is 1.93. The fraction of sp³-hybridized carbons (Fsp3) is 0.571. The number of hydrogen-bond acceptors (Lipinski definition) is 2. The number of aryl methyl sites for hydroxylation is 1. The summed E-state index contributed by atoms with van der Waals surface area (Å²) in [5.41, 5.74) is 0.815. The van der Waals surface area contributed by atoms with Gasteiger partial charge in [-0.1, -0.05) is 13.8 Å². The number of aliphatic hydroxyl groups excluding tert-OH is 1. The molecule has 0 amide bonds. The Morgan fingerprint density at radius 3 is 2.65 bits per heavy atom. The van der Waals surface area contributed by atoms with E-state index in [1.165, 1.54) is 12.1 Å². The van der Waals surface area contributed by atoms with Crippen LogP contribution in [0.3, 0.4) is 0 Å². The topological polar surface area (TPSA) is 29.5 Å². The summed E-state index contributed by atoms with van der Waals surface area (Å²) in [7, 11) is 1.57. The lowest BCUT2D eigenvalue weighted by atomic mass is 9.99. The molecule has 96 valence electrons. The largest absolute Gasteiger partial charge is 0.496 e. The van der Waals surface area contributed by atoms with Gasteiger partial charge in [-0.3, -0.25) is 0 Å². The van der Waals surface area contributed by atoms with Gasteiger partial charge >= 0.3 is 0 Å². The van der Waals surface area contributed by atoms with Crippen molar-refractivity contribution >= 4 is 0 Å². The van der Waals surface area contributed by atoms with E-state index in [2.05, 4.69) is 13.8 Å². The van der Waals surface area contributed by atoms with Gasteiger partial charge in [-0.2, -0.15) is 0 Å². The number of aliphatic hydroxyl groups is 1. The number of halogens is 1. The van der Waals surface area contributed by atoms with Gasteiger partial charge in [0.2, 0.25) is 0 Å². The van der Waals surface area contributed by atoms with Crippen LogP contribution in [0.2, 0.25) is 0 Å². The van der Waals surface area contributed by atoms with Gasteiger partial charge in [-0.25, -0.2) is 4.39 Å². The molecule has 0 saturated heterocycles. The molecule has 1 rings (SSSR count). The van der Waals surface area contributed by atoms with Crippen molar-refractivity contribution in [3.05, 3.63) is 29.6 Å². The fourth-order valence-corrected chi connectivity index (χ4v) is 1.93. The molecule has 1 aromatic rings. The van der Waals surface area contributed by atoms with Crippen molar-refractivity contribution in [3.63, 3.8) is 0 Å². The maximum absolute atomic E-state index is 13.1. The molecule has 0 aliphatic rings. The highest BCUT2D eigenvalue weighted by Crippen LogP contribution is 2.22.